The number of phosphoric acid groups is 1. The van der Waals surface area contributed by atoms with Crippen molar-refractivity contribution in [3.63, 3.8) is 0 Å². The third-order valence-corrected chi connectivity index (χ3v) is 13.0. The highest BCUT2D eigenvalue weighted by Crippen LogP contribution is 2.43. The number of likely N-dealkylation sites (N-methyl/N-ethyl adjacent to an activating group) is 1. The molecule has 3 N–H and O–H groups in total. The highest BCUT2D eigenvalue weighted by atomic mass is 31.2. The van der Waals surface area contributed by atoms with Crippen LogP contribution in [0.1, 0.15) is 171 Å². The highest BCUT2D eigenvalue weighted by Gasteiger charge is 2.39. The standard InChI is InChI=1S/C50H86NO12P/c1-8-10-20-26-41(52)32-33-44-43(45(53)36-46(44)54)27-22-18-19-25-31-50(56)62-42(38-61-64(57,58)60-35-34-51(5,6)7)37-59-49(55)30-24-17-15-13-12-14-16-23-29-48-40(4)39(3)47(63-48)28-21-11-9-2/h18,22,32-33,41-45,52-53H,8-17,19-21,23-31,34-38H2,1-7H3/p+1/b22-18-,33-32+/t41-,42+,43+,44+,45-/m0/s1. The predicted octanol–water partition coefficient (Wildman–Crippen LogP) is 10.2. The lowest BCUT2D eigenvalue weighted by Gasteiger charge is -2.24. The number of nitrogens with zero attached hydrogens (tertiary/aromatic N) is 1. The Bertz CT molecular complexity index is 1580. The molecule has 1 saturated carbocycles. The topological polar surface area (TPSA) is 179 Å². The molecule has 1 fully saturated rings. The number of esters is 2. The fraction of sp³-hybridized carbons (Fsp3) is 0.780. The zero-order valence-electron chi connectivity index (χ0n) is 40.7. The smallest absolute Gasteiger partial charge is 0.466 e. The van der Waals surface area contributed by atoms with Crippen molar-refractivity contribution in [2.45, 2.75) is 194 Å². The number of aryl methyl sites for hydroxylation is 2. The molecule has 6 atom stereocenters. The van der Waals surface area contributed by atoms with Crippen molar-refractivity contribution in [1.29, 1.82) is 0 Å². The summed E-state index contributed by atoms with van der Waals surface area (Å²) in [6, 6.07) is 0. The molecule has 1 aromatic heterocycles. The van der Waals surface area contributed by atoms with Crippen LogP contribution in [0.3, 0.4) is 0 Å². The summed E-state index contributed by atoms with van der Waals surface area (Å²) in [5.41, 5.74) is 2.63. The van der Waals surface area contributed by atoms with E-state index in [2.05, 4.69) is 27.7 Å². The third-order valence-electron chi connectivity index (χ3n) is 12.1. The van der Waals surface area contributed by atoms with Crippen molar-refractivity contribution in [2.75, 3.05) is 47.5 Å². The number of phosphoric ester groups is 1. The molecule has 0 saturated heterocycles. The van der Waals surface area contributed by atoms with E-state index in [1.54, 1.807) is 12.2 Å². The molecule has 0 amide bonds. The van der Waals surface area contributed by atoms with E-state index in [1.165, 1.54) is 43.2 Å². The molecule has 1 heterocycles. The van der Waals surface area contributed by atoms with Gasteiger partial charge in [-0.15, -0.1) is 0 Å². The molecule has 0 radical (unpaired) electrons. The molecule has 13 nitrogen and oxygen atoms in total. The van der Waals surface area contributed by atoms with Gasteiger partial charge in [-0.2, -0.15) is 0 Å². The predicted molar refractivity (Wildman–Crippen MR) is 252 cm³/mol. The van der Waals surface area contributed by atoms with Crippen LogP contribution < -0.4 is 0 Å². The van der Waals surface area contributed by atoms with Gasteiger partial charge in [-0.3, -0.25) is 23.4 Å². The minimum Gasteiger partial charge on any atom is -0.466 e. The van der Waals surface area contributed by atoms with Gasteiger partial charge in [0.25, 0.3) is 0 Å². The lowest BCUT2D eigenvalue weighted by Crippen LogP contribution is -2.37. The molecule has 1 aliphatic rings. The zero-order valence-corrected chi connectivity index (χ0v) is 41.6. The maximum Gasteiger partial charge on any atom is 0.472 e. The van der Waals surface area contributed by atoms with Crippen molar-refractivity contribution < 1.29 is 61.5 Å². The van der Waals surface area contributed by atoms with Gasteiger partial charge < -0.3 is 33.5 Å². The summed E-state index contributed by atoms with van der Waals surface area (Å²) in [6.07, 6.45) is 24.2. The molecule has 0 spiro atoms. The molecule has 64 heavy (non-hydrogen) atoms. The molecule has 0 aromatic carbocycles. The van der Waals surface area contributed by atoms with E-state index in [0.29, 0.717) is 43.1 Å². The van der Waals surface area contributed by atoms with Gasteiger partial charge >= 0.3 is 19.8 Å². The molecule has 1 unspecified atom stereocenters. The number of rotatable bonds is 37. The van der Waals surface area contributed by atoms with E-state index >= 15 is 0 Å². The molecule has 1 aliphatic carbocycles. The van der Waals surface area contributed by atoms with Crippen LogP contribution >= 0.6 is 7.82 Å². The van der Waals surface area contributed by atoms with Crippen molar-refractivity contribution in [3.8, 4) is 0 Å². The molecular formula is C50H87NO12P+. The van der Waals surface area contributed by atoms with Gasteiger partial charge in [0.1, 0.15) is 37.1 Å². The van der Waals surface area contributed by atoms with Gasteiger partial charge in [-0.1, -0.05) is 109 Å². The van der Waals surface area contributed by atoms with Gasteiger partial charge in [0.15, 0.2) is 6.10 Å². The summed E-state index contributed by atoms with van der Waals surface area (Å²) >= 11 is 0. The van der Waals surface area contributed by atoms with Crippen LogP contribution in [0.4, 0.5) is 0 Å². The Kier molecular flexibility index (Phi) is 28.9. The van der Waals surface area contributed by atoms with Crippen LogP contribution in [0, 0.1) is 25.7 Å². The van der Waals surface area contributed by atoms with Crippen LogP contribution in [-0.2, 0) is 50.3 Å². The summed E-state index contributed by atoms with van der Waals surface area (Å²) in [7, 11) is 1.29. The summed E-state index contributed by atoms with van der Waals surface area (Å²) in [4.78, 5) is 48.3. The Morgan fingerprint density at radius 3 is 2.05 bits per heavy atom. The third kappa shape index (κ3) is 25.3. The lowest BCUT2D eigenvalue weighted by atomic mass is 9.90. The van der Waals surface area contributed by atoms with Gasteiger partial charge in [-0.25, -0.2) is 4.57 Å². The number of aliphatic hydroxyl groups is 2. The minimum absolute atomic E-state index is 0.0227. The number of furan rings is 1. The summed E-state index contributed by atoms with van der Waals surface area (Å²) in [5, 5.41) is 20.8. The monoisotopic (exact) mass is 925 g/mol. The molecule has 14 heteroatoms. The van der Waals surface area contributed by atoms with Crippen molar-refractivity contribution in [2.24, 2.45) is 11.8 Å². The number of hydrogen-bond donors (Lipinski definition) is 3. The van der Waals surface area contributed by atoms with Crippen LogP contribution in [0.15, 0.2) is 28.7 Å². The number of carbonyl (C=O) groups excluding carboxylic acids is 3. The summed E-state index contributed by atoms with van der Waals surface area (Å²) in [5.74, 6) is 0.528. The largest absolute Gasteiger partial charge is 0.472 e. The number of unbranched alkanes of at least 4 members (excludes halogenated alkanes) is 12. The summed E-state index contributed by atoms with van der Waals surface area (Å²) in [6.45, 7) is 8.30. The minimum atomic E-state index is -4.47. The van der Waals surface area contributed by atoms with Crippen molar-refractivity contribution in [3.05, 3.63) is 47.0 Å². The van der Waals surface area contributed by atoms with E-state index in [-0.39, 0.29) is 44.2 Å². The molecule has 2 rings (SSSR count). The molecule has 0 aliphatic heterocycles. The van der Waals surface area contributed by atoms with Gasteiger partial charge in [-0.05, 0) is 69.9 Å². The Labute approximate surface area is 385 Å². The number of carbonyl (C=O) groups is 3. The number of Topliss-reactive ketones (excluding diaryl/α,β-unsaturated/α-hetero) is 1. The average Bonchev–Trinajstić information content (AvgIpc) is 3.66. The van der Waals surface area contributed by atoms with E-state index in [1.807, 2.05) is 33.3 Å². The van der Waals surface area contributed by atoms with Crippen molar-refractivity contribution in [1.82, 2.24) is 0 Å². The fourth-order valence-corrected chi connectivity index (χ4v) is 8.56. The second-order valence-electron chi connectivity index (χ2n) is 18.9. The van der Waals surface area contributed by atoms with Gasteiger partial charge in [0.05, 0.1) is 40.0 Å². The number of allylic oxidation sites excluding steroid dienone is 3. The Morgan fingerprint density at radius 2 is 1.41 bits per heavy atom. The average molecular weight is 925 g/mol. The highest BCUT2D eigenvalue weighted by molar-refractivity contribution is 7.47. The second kappa shape index (κ2) is 32.1. The Hall–Kier alpha value is -2.64. The molecular weight excluding hydrogens is 838 g/mol. The molecule has 1 aromatic rings. The number of aliphatic hydroxyl groups excluding tert-OH is 2. The quantitative estimate of drug-likeness (QED) is 0.0189. The Morgan fingerprint density at radius 1 is 0.812 bits per heavy atom. The van der Waals surface area contributed by atoms with Crippen LogP contribution in [-0.4, -0.2) is 103 Å². The fourth-order valence-electron chi connectivity index (χ4n) is 7.82. The first-order chi connectivity index (χ1) is 30.5. The normalized spacial score (nSPS) is 18.8. The maximum absolute atomic E-state index is 12.9. The zero-order chi connectivity index (χ0) is 47.4. The van der Waals surface area contributed by atoms with Gasteiger partial charge in [0.2, 0.25) is 0 Å². The number of quaternary nitrogens is 1. The molecule has 368 valence electrons. The summed E-state index contributed by atoms with van der Waals surface area (Å²) < 4.78 is 40.6. The molecule has 0 bridgehead atoms. The Balaban J connectivity index is 1.75. The second-order valence-corrected chi connectivity index (χ2v) is 20.3. The van der Waals surface area contributed by atoms with E-state index in [4.69, 9.17) is 22.9 Å². The van der Waals surface area contributed by atoms with E-state index < -0.39 is 50.6 Å². The first-order valence-electron chi connectivity index (χ1n) is 24.5. The van der Waals surface area contributed by atoms with Crippen LogP contribution in [0.2, 0.25) is 0 Å². The SMILES string of the molecule is CCCCCc1oc(CCCCCCCCCCC(=O)OC[C@H](COP(=O)(O)OCC[N+](C)(C)C)OC(=O)CCC/C=C\C[C@H]2[C@@H](O)CC(=O)[C@@H]2/C=C/[C@@H](O)CCCCC)c(C)c1C. The number of hydrogen-bond acceptors (Lipinski definition) is 11. The number of ether oxygens (including phenoxy) is 2. The van der Waals surface area contributed by atoms with Crippen molar-refractivity contribution >= 4 is 25.5 Å². The van der Waals surface area contributed by atoms with Crippen LogP contribution in [0.25, 0.3) is 0 Å². The van der Waals surface area contributed by atoms with E-state index in [9.17, 15) is 34.1 Å². The maximum atomic E-state index is 12.9. The van der Waals surface area contributed by atoms with Gasteiger partial charge in [0, 0.05) is 43.9 Å². The first-order valence-corrected chi connectivity index (χ1v) is 26.0. The van der Waals surface area contributed by atoms with Crippen LogP contribution in [0.5, 0.6) is 0 Å². The first kappa shape index (κ1) is 57.5. The lowest BCUT2D eigenvalue weighted by molar-refractivity contribution is -0.870. The van der Waals surface area contributed by atoms with E-state index in [0.717, 1.165) is 75.7 Å². The number of ketones is 1.